The van der Waals surface area contributed by atoms with Gasteiger partial charge < -0.3 is 15.4 Å². The molecule has 0 saturated heterocycles. The highest BCUT2D eigenvalue weighted by Crippen LogP contribution is 2.25. The molecule has 2 aromatic rings. The van der Waals surface area contributed by atoms with Gasteiger partial charge in [-0.1, -0.05) is 30.3 Å². The Labute approximate surface area is 165 Å². The minimum absolute atomic E-state index is 0.468. The molecule has 1 aliphatic heterocycles. The van der Waals surface area contributed by atoms with Gasteiger partial charge in [-0.05, 0) is 48.6 Å². The molecule has 0 fully saturated rings. The Bertz CT molecular complexity index is 851. The highest BCUT2D eigenvalue weighted by molar-refractivity contribution is 6.39. The SMILES string of the molecule is COc1ccc(C)cc1NC(=O)C(=O)NCCCN1CCc2ccccc2C1. The van der Waals surface area contributed by atoms with Crippen LogP contribution in [0, 0.1) is 6.92 Å². The van der Waals surface area contributed by atoms with E-state index in [-0.39, 0.29) is 0 Å². The van der Waals surface area contributed by atoms with Gasteiger partial charge in [0.2, 0.25) is 0 Å². The van der Waals surface area contributed by atoms with Crippen LogP contribution in [0.5, 0.6) is 5.75 Å². The van der Waals surface area contributed by atoms with Crippen molar-refractivity contribution in [3.05, 3.63) is 59.2 Å². The van der Waals surface area contributed by atoms with Crippen molar-refractivity contribution in [3.8, 4) is 5.75 Å². The number of methoxy groups -OCH3 is 1. The molecule has 0 radical (unpaired) electrons. The van der Waals surface area contributed by atoms with Crippen LogP contribution in [-0.4, -0.2) is 43.5 Å². The van der Waals surface area contributed by atoms with Crippen molar-refractivity contribution in [3.63, 3.8) is 0 Å². The van der Waals surface area contributed by atoms with Crippen molar-refractivity contribution in [2.75, 3.05) is 32.1 Å². The van der Waals surface area contributed by atoms with Gasteiger partial charge in [0.25, 0.3) is 0 Å². The molecule has 148 valence electrons. The predicted molar refractivity (Wildman–Crippen MR) is 109 cm³/mol. The molecular formula is C22H27N3O3. The molecule has 0 unspecified atom stereocenters. The summed E-state index contributed by atoms with van der Waals surface area (Å²) in [7, 11) is 1.53. The molecule has 2 amide bonds. The summed E-state index contributed by atoms with van der Waals surface area (Å²) >= 11 is 0. The third-order valence-electron chi connectivity index (χ3n) is 4.96. The Hall–Kier alpha value is -2.86. The third kappa shape index (κ3) is 5.10. The highest BCUT2D eigenvalue weighted by atomic mass is 16.5. The standard InChI is InChI=1S/C22H27N3O3/c1-16-8-9-20(28-2)19(14-16)24-22(27)21(26)23-11-5-12-25-13-10-17-6-3-4-7-18(17)15-25/h3-4,6-9,14H,5,10-13,15H2,1-2H3,(H,23,26)(H,24,27). The molecule has 0 aliphatic carbocycles. The largest absolute Gasteiger partial charge is 0.495 e. The number of hydrogen-bond acceptors (Lipinski definition) is 4. The minimum atomic E-state index is -0.684. The van der Waals surface area contributed by atoms with Crippen LogP contribution in [0.4, 0.5) is 5.69 Å². The quantitative estimate of drug-likeness (QED) is 0.596. The van der Waals surface area contributed by atoms with E-state index in [1.807, 2.05) is 13.0 Å². The first kappa shape index (κ1) is 19.9. The lowest BCUT2D eigenvalue weighted by atomic mass is 10.00. The fourth-order valence-corrected chi connectivity index (χ4v) is 3.43. The number of carbonyl (C=O) groups excluding carboxylic acids is 2. The summed E-state index contributed by atoms with van der Waals surface area (Å²) in [6.45, 7) is 5.24. The summed E-state index contributed by atoms with van der Waals surface area (Å²) in [4.78, 5) is 26.6. The van der Waals surface area contributed by atoms with E-state index in [0.29, 0.717) is 18.0 Å². The van der Waals surface area contributed by atoms with E-state index < -0.39 is 11.8 Å². The van der Waals surface area contributed by atoms with Crippen LogP contribution in [0.15, 0.2) is 42.5 Å². The number of anilines is 1. The van der Waals surface area contributed by atoms with E-state index in [2.05, 4.69) is 39.8 Å². The molecule has 28 heavy (non-hydrogen) atoms. The first-order chi connectivity index (χ1) is 13.6. The molecule has 2 aromatic carbocycles. The number of fused-ring (bicyclic) bond motifs is 1. The van der Waals surface area contributed by atoms with E-state index in [4.69, 9.17) is 4.74 Å². The third-order valence-corrected chi connectivity index (χ3v) is 4.96. The zero-order chi connectivity index (χ0) is 19.9. The fraction of sp³-hybridized carbons (Fsp3) is 0.364. The Morgan fingerprint density at radius 1 is 1.11 bits per heavy atom. The molecule has 6 nitrogen and oxygen atoms in total. The van der Waals surface area contributed by atoms with Crippen LogP contribution in [0.2, 0.25) is 0 Å². The summed E-state index contributed by atoms with van der Waals surface area (Å²) in [6.07, 6.45) is 1.86. The van der Waals surface area contributed by atoms with Gasteiger partial charge in [-0.2, -0.15) is 0 Å². The van der Waals surface area contributed by atoms with Gasteiger partial charge in [0.1, 0.15) is 5.75 Å². The summed E-state index contributed by atoms with van der Waals surface area (Å²) < 4.78 is 5.22. The average molecular weight is 381 g/mol. The first-order valence-electron chi connectivity index (χ1n) is 9.60. The van der Waals surface area contributed by atoms with E-state index in [1.165, 1.54) is 18.2 Å². The lowest BCUT2D eigenvalue weighted by Gasteiger charge is -2.28. The monoisotopic (exact) mass is 381 g/mol. The van der Waals surface area contributed by atoms with Gasteiger partial charge in [0, 0.05) is 26.2 Å². The maximum absolute atomic E-state index is 12.1. The zero-order valence-electron chi connectivity index (χ0n) is 16.5. The number of aryl methyl sites for hydroxylation is 1. The van der Waals surface area contributed by atoms with E-state index >= 15 is 0 Å². The van der Waals surface area contributed by atoms with E-state index in [1.54, 1.807) is 12.1 Å². The molecule has 0 bridgehead atoms. The van der Waals surface area contributed by atoms with Crippen LogP contribution in [0.25, 0.3) is 0 Å². The number of nitrogens with zero attached hydrogens (tertiary/aromatic N) is 1. The minimum Gasteiger partial charge on any atom is -0.495 e. The summed E-state index contributed by atoms with van der Waals surface area (Å²) in [5.41, 5.74) is 4.27. The number of amides is 2. The van der Waals surface area contributed by atoms with Gasteiger partial charge in [-0.3, -0.25) is 14.5 Å². The lowest BCUT2D eigenvalue weighted by molar-refractivity contribution is -0.136. The van der Waals surface area contributed by atoms with Crippen molar-refractivity contribution in [1.29, 1.82) is 0 Å². The molecule has 0 aromatic heterocycles. The predicted octanol–water partition coefficient (Wildman–Crippen LogP) is 2.51. The van der Waals surface area contributed by atoms with Gasteiger partial charge in [-0.15, -0.1) is 0 Å². The van der Waals surface area contributed by atoms with Crippen molar-refractivity contribution in [1.82, 2.24) is 10.2 Å². The number of benzene rings is 2. The van der Waals surface area contributed by atoms with Crippen LogP contribution >= 0.6 is 0 Å². The van der Waals surface area contributed by atoms with Crippen LogP contribution in [0.3, 0.4) is 0 Å². The summed E-state index contributed by atoms with van der Waals surface area (Å²) in [5, 5.41) is 5.31. The Kier molecular flexibility index (Phi) is 6.66. The van der Waals surface area contributed by atoms with E-state index in [9.17, 15) is 9.59 Å². The molecule has 2 N–H and O–H groups in total. The van der Waals surface area contributed by atoms with Crippen LogP contribution < -0.4 is 15.4 Å². The Morgan fingerprint density at radius 3 is 2.68 bits per heavy atom. The second kappa shape index (κ2) is 9.37. The van der Waals surface area contributed by atoms with Crippen molar-refractivity contribution in [2.45, 2.75) is 26.3 Å². The molecule has 3 rings (SSSR count). The smallest absolute Gasteiger partial charge is 0.313 e. The molecule has 6 heteroatoms. The fourth-order valence-electron chi connectivity index (χ4n) is 3.43. The van der Waals surface area contributed by atoms with Crippen molar-refractivity contribution < 1.29 is 14.3 Å². The molecule has 1 aliphatic rings. The first-order valence-corrected chi connectivity index (χ1v) is 9.60. The topological polar surface area (TPSA) is 70.7 Å². The molecule has 0 spiro atoms. The van der Waals surface area contributed by atoms with Crippen molar-refractivity contribution in [2.24, 2.45) is 0 Å². The second-order valence-corrected chi connectivity index (χ2v) is 7.06. The molecular weight excluding hydrogens is 354 g/mol. The van der Waals surface area contributed by atoms with Gasteiger partial charge in [0.15, 0.2) is 0 Å². The van der Waals surface area contributed by atoms with E-state index in [0.717, 1.165) is 38.0 Å². The van der Waals surface area contributed by atoms with Gasteiger partial charge in [0.05, 0.1) is 12.8 Å². The Morgan fingerprint density at radius 2 is 1.89 bits per heavy atom. The molecule has 1 heterocycles. The van der Waals surface area contributed by atoms with Crippen molar-refractivity contribution >= 4 is 17.5 Å². The molecule has 0 atom stereocenters. The summed E-state index contributed by atoms with van der Waals surface area (Å²) in [6, 6.07) is 13.9. The average Bonchev–Trinajstić information content (AvgIpc) is 2.71. The number of carbonyl (C=O) groups is 2. The normalized spacial score (nSPS) is 13.5. The number of ether oxygens (including phenoxy) is 1. The summed E-state index contributed by atoms with van der Waals surface area (Å²) in [5.74, 6) is -0.791. The number of nitrogens with one attached hydrogen (secondary N) is 2. The molecule has 0 saturated carbocycles. The zero-order valence-corrected chi connectivity index (χ0v) is 16.5. The highest BCUT2D eigenvalue weighted by Gasteiger charge is 2.17. The van der Waals surface area contributed by atoms with Gasteiger partial charge >= 0.3 is 11.8 Å². The maximum Gasteiger partial charge on any atom is 0.313 e. The maximum atomic E-state index is 12.1. The van der Waals surface area contributed by atoms with Crippen LogP contribution in [-0.2, 0) is 22.6 Å². The Balaban J connectivity index is 1.41. The lowest BCUT2D eigenvalue weighted by Crippen LogP contribution is -2.38. The second-order valence-electron chi connectivity index (χ2n) is 7.06. The number of hydrogen-bond donors (Lipinski definition) is 2. The number of rotatable bonds is 6. The van der Waals surface area contributed by atoms with Gasteiger partial charge in [-0.25, -0.2) is 0 Å². The van der Waals surface area contributed by atoms with Crippen LogP contribution in [0.1, 0.15) is 23.1 Å².